The van der Waals surface area contributed by atoms with E-state index in [0.717, 1.165) is 17.1 Å². The number of carbonyl (C=O) groups excluding carboxylic acids is 1. The third-order valence-electron chi connectivity index (χ3n) is 2.31. The number of carboxylic acids is 1. The van der Waals surface area contributed by atoms with E-state index in [1.807, 2.05) is 0 Å². The number of rotatable bonds is 7. The molecular formula is C10H14N4O5. The molecule has 19 heavy (non-hydrogen) atoms. The maximum atomic E-state index is 11.5. The number of nitro groups is 1. The first-order valence-electron chi connectivity index (χ1n) is 5.54. The van der Waals surface area contributed by atoms with E-state index in [9.17, 15) is 19.7 Å². The van der Waals surface area contributed by atoms with Crippen molar-refractivity contribution in [1.29, 1.82) is 0 Å². The van der Waals surface area contributed by atoms with Gasteiger partial charge in [0.2, 0.25) is 5.91 Å². The first-order chi connectivity index (χ1) is 8.88. The molecule has 1 unspecified atom stereocenters. The third kappa shape index (κ3) is 5.15. The second-order valence-electron chi connectivity index (χ2n) is 4.16. The molecule has 0 bridgehead atoms. The molecule has 2 N–H and O–H groups in total. The van der Waals surface area contributed by atoms with Gasteiger partial charge < -0.3 is 10.4 Å². The maximum absolute atomic E-state index is 11.5. The minimum Gasteiger partial charge on any atom is -0.481 e. The molecule has 0 aromatic carbocycles. The summed E-state index contributed by atoms with van der Waals surface area (Å²) in [6.45, 7) is 1.79. The predicted molar refractivity (Wildman–Crippen MR) is 63.3 cm³/mol. The van der Waals surface area contributed by atoms with E-state index in [0.29, 0.717) is 0 Å². The van der Waals surface area contributed by atoms with Gasteiger partial charge in [-0.05, 0) is 5.92 Å². The molecule has 0 saturated carbocycles. The fourth-order valence-electron chi connectivity index (χ4n) is 1.39. The predicted octanol–water partition coefficient (Wildman–Crippen LogP) is 0.0183. The van der Waals surface area contributed by atoms with Crippen LogP contribution in [0.4, 0.5) is 5.69 Å². The lowest BCUT2D eigenvalue weighted by Crippen LogP contribution is -2.32. The first-order valence-corrected chi connectivity index (χ1v) is 5.54. The Hall–Kier alpha value is -2.45. The Balaban J connectivity index is 2.38. The summed E-state index contributed by atoms with van der Waals surface area (Å²) in [5.41, 5.74) is -0.188. The van der Waals surface area contributed by atoms with Crippen LogP contribution in [0.15, 0.2) is 12.4 Å². The fraction of sp³-hybridized carbons (Fsp3) is 0.500. The van der Waals surface area contributed by atoms with E-state index >= 15 is 0 Å². The number of hydrogen-bond acceptors (Lipinski definition) is 5. The Morgan fingerprint density at radius 1 is 1.63 bits per heavy atom. The molecule has 0 aliphatic heterocycles. The average Bonchev–Trinajstić information content (AvgIpc) is 2.74. The normalized spacial score (nSPS) is 11.8. The molecule has 0 aliphatic carbocycles. The molecular weight excluding hydrogens is 256 g/mol. The summed E-state index contributed by atoms with van der Waals surface area (Å²) in [4.78, 5) is 31.7. The zero-order valence-electron chi connectivity index (χ0n) is 10.3. The molecule has 0 fully saturated rings. The molecule has 1 aromatic rings. The lowest BCUT2D eigenvalue weighted by Gasteiger charge is -2.10. The maximum Gasteiger partial charge on any atom is 0.307 e. The summed E-state index contributed by atoms with van der Waals surface area (Å²) < 4.78 is 1.15. The summed E-state index contributed by atoms with van der Waals surface area (Å²) in [7, 11) is 0. The molecule has 0 radical (unpaired) electrons. The minimum absolute atomic E-state index is 0.0342. The lowest BCUT2D eigenvalue weighted by atomic mass is 10.1. The fourth-order valence-corrected chi connectivity index (χ4v) is 1.39. The molecule has 1 aromatic heterocycles. The highest BCUT2D eigenvalue weighted by molar-refractivity contribution is 5.75. The Morgan fingerprint density at radius 3 is 2.84 bits per heavy atom. The van der Waals surface area contributed by atoms with E-state index in [1.165, 1.54) is 0 Å². The van der Waals surface area contributed by atoms with Crippen molar-refractivity contribution in [3.05, 3.63) is 22.5 Å². The molecule has 0 spiro atoms. The minimum atomic E-state index is -0.926. The monoisotopic (exact) mass is 270 g/mol. The van der Waals surface area contributed by atoms with Crippen LogP contribution in [0.2, 0.25) is 0 Å². The van der Waals surface area contributed by atoms with E-state index in [4.69, 9.17) is 5.11 Å². The van der Waals surface area contributed by atoms with Crippen LogP contribution in [-0.2, 0) is 16.1 Å². The van der Waals surface area contributed by atoms with E-state index in [-0.39, 0.29) is 37.0 Å². The number of amides is 1. The van der Waals surface area contributed by atoms with Crippen LogP contribution in [0, 0.1) is 16.0 Å². The van der Waals surface area contributed by atoms with Crippen molar-refractivity contribution in [3.8, 4) is 0 Å². The number of hydrogen-bond donors (Lipinski definition) is 2. The van der Waals surface area contributed by atoms with Gasteiger partial charge in [-0.3, -0.25) is 24.4 Å². The van der Waals surface area contributed by atoms with Gasteiger partial charge >= 0.3 is 11.7 Å². The molecule has 104 valence electrons. The lowest BCUT2D eigenvalue weighted by molar-refractivity contribution is -0.385. The third-order valence-corrected chi connectivity index (χ3v) is 2.31. The van der Waals surface area contributed by atoms with Gasteiger partial charge in [-0.2, -0.15) is 5.10 Å². The number of carbonyl (C=O) groups is 2. The zero-order chi connectivity index (χ0) is 14.4. The second kappa shape index (κ2) is 6.47. The largest absolute Gasteiger partial charge is 0.481 e. The Bertz CT molecular complexity index is 484. The summed E-state index contributed by atoms with van der Waals surface area (Å²) >= 11 is 0. The summed E-state index contributed by atoms with van der Waals surface area (Å²) in [6.07, 6.45) is 2.17. The molecule has 1 atom stereocenters. The Kier molecular flexibility index (Phi) is 4.98. The van der Waals surface area contributed by atoms with Gasteiger partial charge in [-0.15, -0.1) is 0 Å². The highest BCUT2D eigenvalue weighted by Gasteiger charge is 2.12. The molecule has 9 heteroatoms. The van der Waals surface area contributed by atoms with Crippen molar-refractivity contribution < 1.29 is 19.6 Å². The van der Waals surface area contributed by atoms with Crippen molar-refractivity contribution in [2.75, 3.05) is 6.54 Å². The van der Waals surface area contributed by atoms with E-state index < -0.39 is 10.9 Å². The van der Waals surface area contributed by atoms with Crippen molar-refractivity contribution >= 4 is 17.6 Å². The average molecular weight is 270 g/mol. The SMILES string of the molecule is CC(CNC(=O)Cn1cc([N+](=O)[O-])cn1)CC(=O)O. The van der Waals surface area contributed by atoms with Crippen LogP contribution >= 0.6 is 0 Å². The van der Waals surface area contributed by atoms with E-state index in [1.54, 1.807) is 6.92 Å². The van der Waals surface area contributed by atoms with Gasteiger partial charge in [0.15, 0.2) is 0 Å². The van der Waals surface area contributed by atoms with Gasteiger partial charge in [0.25, 0.3) is 0 Å². The number of nitrogens with one attached hydrogen (secondary N) is 1. The van der Waals surface area contributed by atoms with Gasteiger partial charge in [0.1, 0.15) is 18.9 Å². The zero-order valence-corrected chi connectivity index (χ0v) is 10.3. The van der Waals surface area contributed by atoms with Crippen molar-refractivity contribution in [3.63, 3.8) is 0 Å². The van der Waals surface area contributed by atoms with Crippen molar-refractivity contribution in [2.45, 2.75) is 19.9 Å². The van der Waals surface area contributed by atoms with E-state index in [2.05, 4.69) is 10.4 Å². The topological polar surface area (TPSA) is 127 Å². The van der Waals surface area contributed by atoms with Crippen LogP contribution < -0.4 is 5.32 Å². The molecule has 1 amide bonds. The summed E-state index contributed by atoms with van der Waals surface area (Å²) in [6, 6.07) is 0. The van der Waals surface area contributed by atoms with Gasteiger partial charge in [0, 0.05) is 13.0 Å². The van der Waals surface area contributed by atoms with Crippen LogP contribution in [-0.4, -0.2) is 38.2 Å². The van der Waals surface area contributed by atoms with Crippen LogP contribution in [0.25, 0.3) is 0 Å². The van der Waals surface area contributed by atoms with Crippen molar-refractivity contribution in [2.24, 2.45) is 5.92 Å². The van der Waals surface area contributed by atoms with Gasteiger partial charge in [-0.1, -0.05) is 6.92 Å². The quantitative estimate of drug-likeness (QED) is 0.531. The number of aliphatic carboxylic acids is 1. The second-order valence-corrected chi connectivity index (χ2v) is 4.16. The molecule has 0 saturated heterocycles. The highest BCUT2D eigenvalue weighted by atomic mass is 16.6. The highest BCUT2D eigenvalue weighted by Crippen LogP contribution is 2.07. The molecule has 0 aliphatic rings. The number of carboxylic acid groups (broad SMARTS) is 1. The Morgan fingerprint density at radius 2 is 2.32 bits per heavy atom. The van der Waals surface area contributed by atoms with Gasteiger partial charge in [0.05, 0.1) is 4.92 Å². The van der Waals surface area contributed by atoms with Crippen LogP contribution in [0.1, 0.15) is 13.3 Å². The van der Waals surface area contributed by atoms with Crippen molar-refractivity contribution in [1.82, 2.24) is 15.1 Å². The van der Waals surface area contributed by atoms with Crippen LogP contribution in [0.3, 0.4) is 0 Å². The number of nitrogens with zero attached hydrogens (tertiary/aromatic N) is 3. The molecule has 9 nitrogen and oxygen atoms in total. The summed E-state index contributed by atoms with van der Waals surface area (Å²) in [5.74, 6) is -1.49. The molecule has 1 rings (SSSR count). The summed E-state index contributed by atoms with van der Waals surface area (Å²) in [5, 5.41) is 25.2. The number of aromatic nitrogens is 2. The first kappa shape index (κ1) is 14.6. The Labute approximate surface area is 108 Å². The smallest absolute Gasteiger partial charge is 0.307 e. The van der Waals surface area contributed by atoms with Crippen LogP contribution in [0.5, 0.6) is 0 Å². The van der Waals surface area contributed by atoms with Gasteiger partial charge in [-0.25, -0.2) is 0 Å². The molecule has 1 heterocycles. The standard InChI is InChI=1S/C10H14N4O5/c1-7(2-10(16)17)3-11-9(15)6-13-5-8(4-12-13)14(18)19/h4-5,7H,2-3,6H2,1H3,(H,11,15)(H,16,17).